The van der Waals surface area contributed by atoms with Crippen LogP contribution in [0.4, 0.5) is 5.69 Å². The standard InChI is InChI=1S/C30H36Cl2N2O3/c1-20-16-17-21(2)34(20)19-27(37-29-25(35-6)14-9-15-26(29)36-7)24(13-10-18-30(3,4)5)33-28-22(31)11-8-12-23(28)32/h8-17,27H,18-19H2,1-7H3/b13-10+,33-24?. The van der Waals surface area contributed by atoms with Gasteiger partial charge in [-0.1, -0.05) is 62.2 Å². The summed E-state index contributed by atoms with van der Waals surface area (Å²) in [5, 5.41) is 0.937. The molecule has 0 radical (unpaired) electrons. The largest absolute Gasteiger partial charge is 0.493 e. The second-order valence-corrected chi connectivity index (χ2v) is 10.9. The van der Waals surface area contributed by atoms with E-state index in [1.807, 2.05) is 24.3 Å². The summed E-state index contributed by atoms with van der Waals surface area (Å²) in [6.45, 7) is 11.2. The molecule has 0 bridgehead atoms. The van der Waals surface area contributed by atoms with E-state index in [9.17, 15) is 0 Å². The number of hydrogen-bond acceptors (Lipinski definition) is 4. The number of aryl methyl sites for hydroxylation is 2. The number of allylic oxidation sites excluding steroid dienone is 1. The van der Waals surface area contributed by atoms with Crippen molar-refractivity contribution >= 4 is 34.6 Å². The van der Waals surface area contributed by atoms with Crippen molar-refractivity contribution in [1.82, 2.24) is 4.57 Å². The Morgan fingerprint density at radius 1 is 0.919 bits per heavy atom. The maximum absolute atomic E-state index is 6.70. The molecular weight excluding hydrogens is 507 g/mol. The normalized spacial score (nSPS) is 13.2. The summed E-state index contributed by atoms with van der Waals surface area (Å²) in [6.07, 6.45) is 4.47. The maximum Gasteiger partial charge on any atom is 0.204 e. The van der Waals surface area contributed by atoms with Gasteiger partial charge in [-0.05, 0) is 68.2 Å². The molecular formula is C30H36Cl2N2O3. The van der Waals surface area contributed by atoms with Gasteiger partial charge >= 0.3 is 0 Å². The molecule has 2 aromatic carbocycles. The van der Waals surface area contributed by atoms with E-state index in [4.69, 9.17) is 42.4 Å². The van der Waals surface area contributed by atoms with Gasteiger partial charge in [0.15, 0.2) is 17.6 Å². The van der Waals surface area contributed by atoms with E-state index in [2.05, 4.69) is 57.4 Å². The molecule has 0 aliphatic heterocycles. The predicted molar refractivity (Wildman–Crippen MR) is 155 cm³/mol. The van der Waals surface area contributed by atoms with Gasteiger partial charge in [-0.3, -0.25) is 0 Å². The summed E-state index contributed by atoms with van der Waals surface area (Å²) in [7, 11) is 3.22. The second-order valence-electron chi connectivity index (χ2n) is 10.1. The van der Waals surface area contributed by atoms with Gasteiger partial charge in [0.1, 0.15) is 5.69 Å². The fraction of sp³-hybridized carbons (Fsp3) is 0.367. The van der Waals surface area contributed by atoms with Crippen molar-refractivity contribution in [3.8, 4) is 17.2 Å². The first kappa shape index (κ1) is 28.7. The van der Waals surface area contributed by atoms with Crippen LogP contribution in [0.25, 0.3) is 0 Å². The SMILES string of the molecule is COc1cccc(OC)c1OC(Cn1c(C)ccc1C)C(/C=C/CC(C)(C)C)=Nc1c(Cl)cccc1Cl. The van der Waals surface area contributed by atoms with Crippen molar-refractivity contribution in [3.63, 3.8) is 0 Å². The third kappa shape index (κ3) is 7.56. The highest BCUT2D eigenvalue weighted by Crippen LogP contribution is 2.39. The molecule has 3 aromatic rings. The first-order chi connectivity index (χ1) is 17.5. The van der Waals surface area contributed by atoms with Crippen LogP contribution < -0.4 is 14.2 Å². The summed E-state index contributed by atoms with van der Waals surface area (Å²) in [5.74, 6) is 1.64. The predicted octanol–water partition coefficient (Wildman–Crippen LogP) is 8.64. The molecule has 3 rings (SSSR count). The molecule has 0 aliphatic rings. The van der Waals surface area contributed by atoms with Crippen LogP contribution in [0.5, 0.6) is 17.2 Å². The second kappa shape index (κ2) is 12.6. The molecule has 0 amide bonds. The van der Waals surface area contributed by atoms with Gasteiger partial charge < -0.3 is 18.8 Å². The molecule has 1 unspecified atom stereocenters. The number of benzene rings is 2. The molecule has 0 fully saturated rings. The molecule has 37 heavy (non-hydrogen) atoms. The van der Waals surface area contributed by atoms with Crippen molar-refractivity contribution in [2.45, 2.75) is 53.7 Å². The zero-order valence-corrected chi connectivity index (χ0v) is 24.2. The molecule has 5 nitrogen and oxygen atoms in total. The topological polar surface area (TPSA) is 45.0 Å². The van der Waals surface area contributed by atoms with E-state index in [-0.39, 0.29) is 5.41 Å². The van der Waals surface area contributed by atoms with Crippen molar-refractivity contribution in [2.24, 2.45) is 10.4 Å². The Kier molecular flexibility index (Phi) is 9.74. The number of ether oxygens (including phenoxy) is 3. The van der Waals surface area contributed by atoms with Gasteiger partial charge in [0.25, 0.3) is 0 Å². The average Bonchev–Trinajstić information content (AvgIpc) is 3.16. The van der Waals surface area contributed by atoms with Crippen LogP contribution in [0, 0.1) is 19.3 Å². The lowest BCUT2D eigenvalue weighted by molar-refractivity contribution is 0.220. The molecule has 1 heterocycles. The number of hydrogen-bond donors (Lipinski definition) is 0. The number of aliphatic imine (C=N–C) groups is 1. The minimum atomic E-state index is -0.515. The van der Waals surface area contributed by atoms with Gasteiger partial charge in [0.2, 0.25) is 5.75 Å². The summed E-state index contributed by atoms with van der Waals surface area (Å²) < 4.78 is 20.1. The third-order valence-electron chi connectivity index (χ3n) is 5.94. The summed E-state index contributed by atoms with van der Waals surface area (Å²) in [5.41, 5.74) is 3.53. The van der Waals surface area contributed by atoms with Crippen LogP contribution in [0.3, 0.4) is 0 Å². The van der Waals surface area contributed by atoms with E-state index in [1.54, 1.807) is 32.4 Å². The zero-order valence-electron chi connectivity index (χ0n) is 22.6. The van der Waals surface area contributed by atoms with Crippen LogP contribution in [-0.2, 0) is 6.54 Å². The van der Waals surface area contributed by atoms with E-state index in [0.717, 1.165) is 17.8 Å². The van der Waals surface area contributed by atoms with Gasteiger partial charge in [-0.2, -0.15) is 0 Å². The fourth-order valence-electron chi connectivity index (χ4n) is 3.89. The summed E-state index contributed by atoms with van der Waals surface area (Å²) >= 11 is 13.1. The molecule has 7 heteroatoms. The number of aromatic nitrogens is 1. The van der Waals surface area contributed by atoms with E-state index in [1.165, 1.54) is 0 Å². The van der Waals surface area contributed by atoms with Gasteiger partial charge in [0, 0.05) is 11.4 Å². The van der Waals surface area contributed by atoms with Crippen LogP contribution in [0.15, 0.2) is 65.7 Å². The van der Waals surface area contributed by atoms with E-state index in [0.29, 0.717) is 45.2 Å². The van der Waals surface area contributed by atoms with Crippen molar-refractivity contribution in [2.75, 3.05) is 14.2 Å². The Labute approximate surface area is 230 Å². The van der Waals surface area contributed by atoms with Gasteiger partial charge in [-0.15, -0.1) is 0 Å². The summed E-state index contributed by atoms with van der Waals surface area (Å²) in [6, 6.07) is 15.1. The lowest BCUT2D eigenvalue weighted by Gasteiger charge is -2.25. The average molecular weight is 544 g/mol. The Balaban J connectivity index is 2.20. The number of nitrogens with zero attached hydrogens (tertiary/aromatic N) is 2. The van der Waals surface area contributed by atoms with Crippen LogP contribution in [0.1, 0.15) is 38.6 Å². The van der Waals surface area contributed by atoms with Gasteiger partial charge in [-0.25, -0.2) is 4.99 Å². The molecule has 0 saturated carbocycles. The number of halogens is 2. The number of rotatable bonds is 10. The molecule has 0 N–H and O–H groups in total. The van der Waals surface area contributed by atoms with Crippen LogP contribution in [0.2, 0.25) is 10.0 Å². The highest BCUT2D eigenvalue weighted by atomic mass is 35.5. The lowest BCUT2D eigenvalue weighted by Crippen LogP contribution is -2.32. The van der Waals surface area contributed by atoms with Crippen LogP contribution in [-0.4, -0.2) is 30.6 Å². The Hall–Kier alpha value is -2.89. The molecule has 0 aliphatic carbocycles. The van der Waals surface area contributed by atoms with Gasteiger partial charge in [0.05, 0.1) is 36.5 Å². The quantitative estimate of drug-likeness (QED) is 0.241. The highest BCUT2D eigenvalue weighted by Gasteiger charge is 2.24. The maximum atomic E-state index is 6.70. The molecule has 1 aromatic heterocycles. The van der Waals surface area contributed by atoms with Crippen molar-refractivity contribution in [3.05, 3.63) is 82.1 Å². The van der Waals surface area contributed by atoms with E-state index >= 15 is 0 Å². The monoisotopic (exact) mass is 542 g/mol. The van der Waals surface area contributed by atoms with Crippen LogP contribution >= 0.6 is 23.2 Å². The Morgan fingerprint density at radius 3 is 1.97 bits per heavy atom. The molecule has 1 atom stereocenters. The van der Waals surface area contributed by atoms with E-state index < -0.39 is 6.10 Å². The third-order valence-corrected chi connectivity index (χ3v) is 6.55. The van der Waals surface area contributed by atoms with Crippen molar-refractivity contribution < 1.29 is 14.2 Å². The zero-order chi connectivity index (χ0) is 27.2. The lowest BCUT2D eigenvalue weighted by atomic mass is 9.92. The summed E-state index contributed by atoms with van der Waals surface area (Å²) in [4.78, 5) is 4.97. The molecule has 0 saturated heterocycles. The highest BCUT2D eigenvalue weighted by molar-refractivity contribution is 6.39. The Morgan fingerprint density at radius 2 is 1.46 bits per heavy atom. The first-order valence-electron chi connectivity index (χ1n) is 12.2. The molecule has 0 spiro atoms. The Bertz CT molecular complexity index is 1210. The minimum Gasteiger partial charge on any atom is -0.493 e. The number of methoxy groups -OCH3 is 2. The smallest absolute Gasteiger partial charge is 0.204 e. The first-order valence-corrected chi connectivity index (χ1v) is 13.0. The molecule has 198 valence electrons. The fourth-order valence-corrected chi connectivity index (χ4v) is 4.38. The minimum absolute atomic E-state index is 0.111. The number of para-hydroxylation sites is 2. The van der Waals surface area contributed by atoms with Crippen molar-refractivity contribution in [1.29, 1.82) is 0 Å².